The van der Waals surface area contributed by atoms with Gasteiger partial charge < -0.3 is 25.3 Å². The number of halogens is 1. The number of rotatable bonds is 6. The summed E-state index contributed by atoms with van der Waals surface area (Å²) in [6.45, 7) is 9.00. The van der Waals surface area contributed by atoms with Gasteiger partial charge in [-0.05, 0) is 52.3 Å². The Bertz CT molecular complexity index is 1490. The minimum Gasteiger partial charge on any atom is -0.385 e. The lowest BCUT2D eigenvalue weighted by atomic mass is 10.1. The lowest BCUT2D eigenvalue weighted by Crippen LogP contribution is -2.23. The predicted molar refractivity (Wildman–Crippen MR) is 137 cm³/mol. The molecular formula is C25H28FN5O3S. The van der Waals surface area contributed by atoms with Crippen molar-refractivity contribution in [2.45, 2.75) is 40.2 Å². The molecule has 0 fully saturated rings. The predicted octanol–water partition coefficient (Wildman–Crippen LogP) is 4.47. The second kappa shape index (κ2) is 8.94. The van der Waals surface area contributed by atoms with Gasteiger partial charge in [-0.25, -0.2) is 4.39 Å². The molecule has 0 unspecified atom stereocenters. The van der Waals surface area contributed by atoms with E-state index in [1.807, 2.05) is 19.9 Å². The van der Waals surface area contributed by atoms with Crippen LogP contribution in [0.25, 0.3) is 21.3 Å². The number of thiophene rings is 1. The lowest BCUT2D eigenvalue weighted by Gasteiger charge is -2.15. The number of aromatic nitrogens is 3. The monoisotopic (exact) mass is 497 g/mol. The zero-order chi connectivity index (χ0) is 25.7. The Hall–Kier alpha value is -3.50. The number of hydrogen-bond acceptors (Lipinski definition) is 6. The molecule has 0 bridgehead atoms. The van der Waals surface area contributed by atoms with Gasteiger partial charge in [-0.3, -0.25) is 14.6 Å². The Labute approximate surface area is 205 Å². The van der Waals surface area contributed by atoms with Crippen molar-refractivity contribution in [1.82, 2.24) is 19.9 Å². The summed E-state index contributed by atoms with van der Waals surface area (Å²) in [7, 11) is 1.60. The molecule has 10 heteroatoms. The van der Waals surface area contributed by atoms with Crippen LogP contribution < -0.4 is 16.2 Å². The maximum atomic E-state index is 15.9. The minimum absolute atomic E-state index is 0.149. The van der Waals surface area contributed by atoms with Crippen molar-refractivity contribution in [3.63, 3.8) is 0 Å². The molecule has 4 aromatic heterocycles. The van der Waals surface area contributed by atoms with E-state index in [-0.39, 0.29) is 33.2 Å². The number of amides is 1. The van der Waals surface area contributed by atoms with Gasteiger partial charge in [-0.15, -0.1) is 11.3 Å². The van der Waals surface area contributed by atoms with Crippen LogP contribution in [0.1, 0.15) is 47.4 Å². The van der Waals surface area contributed by atoms with Crippen molar-refractivity contribution < 1.29 is 14.3 Å². The number of pyridine rings is 2. The highest BCUT2D eigenvalue weighted by molar-refractivity contribution is 7.16. The largest absolute Gasteiger partial charge is 0.385 e. The summed E-state index contributed by atoms with van der Waals surface area (Å²) < 4.78 is 17.3. The average molecular weight is 498 g/mol. The van der Waals surface area contributed by atoms with Crippen molar-refractivity contribution in [2.75, 3.05) is 11.9 Å². The van der Waals surface area contributed by atoms with E-state index in [1.54, 1.807) is 32.4 Å². The smallest absolute Gasteiger partial charge is 0.274 e. The van der Waals surface area contributed by atoms with E-state index in [9.17, 15) is 14.7 Å². The van der Waals surface area contributed by atoms with Crippen molar-refractivity contribution in [3.05, 3.63) is 62.5 Å². The third kappa shape index (κ3) is 4.35. The summed E-state index contributed by atoms with van der Waals surface area (Å²) in [5.41, 5.74) is 1.68. The SMILES string of the molecule is CCNC(=O)c1cc2c(-c3sc(C(C)(C)O)c(F)c3Nc3c(C)ccnc3C)cn(C)c(=O)c2[nH]1. The molecule has 4 rings (SSSR count). The van der Waals surface area contributed by atoms with Gasteiger partial charge >= 0.3 is 0 Å². The fraction of sp³-hybridized carbons (Fsp3) is 0.320. The highest BCUT2D eigenvalue weighted by Gasteiger charge is 2.31. The molecule has 4 N–H and O–H groups in total. The van der Waals surface area contributed by atoms with Gasteiger partial charge in [0.25, 0.3) is 11.5 Å². The maximum absolute atomic E-state index is 15.9. The first kappa shape index (κ1) is 24.6. The van der Waals surface area contributed by atoms with Crippen LogP contribution in [-0.2, 0) is 12.6 Å². The summed E-state index contributed by atoms with van der Waals surface area (Å²) in [5, 5.41) is 17.1. The number of anilines is 2. The van der Waals surface area contributed by atoms with Crippen molar-refractivity contribution in [1.29, 1.82) is 0 Å². The van der Waals surface area contributed by atoms with Crippen molar-refractivity contribution in [3.8, 4) is 10.4 Å². The molecule has 0 radical (unpaired) electrons. The third-order valence-corrected chi connectivity index (χ3v) is 7.31. The first-order chi connectivity index (χ1) is 16.4. The second-order valence-electron chi connectivity index (χ2n) is 9.01. The molecule has 0 aliphatic rings. The lowest BCUT2D eigenvalue weighted by molar-refractivity contribution is 0.0789. The molecule has 4 aromatic rings. The number of aliphatic hydroxyl groups is 1. The molecule has 184 valence electrons. The molecule has 1 amide bonds. The van der Waals surface area contributed by atoms with Gasteiger partial charge in [0.2, 0.25) is 0 Å². The van der Waals surface area contributed by atoms with Gasteiger partial charge in [0.1, 0.15) is 11.2 Å². The first-order valence-electron chi connectivity index (χ1n) is 11.2. The van der Waals surface area contributed by atoms with Gasteiger partial charge in [-0.1, -0.05) is 0 Å². The molecule has 0 atom stereocenters. The summed E-state index contributed by atoms with van der Waals surface area (Å²) in [4.78, 5) is 33.2. The van der Waals surface area contributed by atoms with Crippen LogP contribution in [0.2, 0.25) is 0 Å². The Morgan fingerprint density at radius 1 is 1.31 bits per heavy atom. The van der Waals surface area contributed by atoms with E-state index in [0.29, 0.717) is 33.8 Å². The van der Waals surface area contributed by atoms with E-state index in [0.717, 1.165) is 16.9 Å². The number of hydrogen-bond donors (Lipinski definition) is 4. The van der Waals surface area contributed by atoms with E-state index in [1.165, 1.54) is 18.4 Å². The number of carbonyl (C=O) groups is 1. The molecule has 0 saturated carbocycles. The molecule has 35 heavy (non-hydrogen) atoms. The summed E-state index contributed by atoms with van der Waals surface area (Å²) >= 11 is 1.10. The molecule has 0 saturated heterocycles. The Morgan fingerprint density at radius 3 is 2.66 bits per heavy atom. The second-order valence-corrected chi connectivity index (χ2v) is 10.0. The number of aryl methyl sites for hydroxylation is 3. The zero-order valence-corrected chi connectivity index (χ0v) is 21.3. The van der Waals surface area contributed by atoms with Crippen LogP contribution in [0, 0.1) is 19.7 Å². The standard InChI is InChI=1S/C25H28FN5O3S/c1-7-27-23(32)16-10-14-15(11-31(6)24(33)19(14)29-16)21-20(17(26)22(35-21)25(4,5)34)30-18-12(2)8-9-28-13(18)3/h8-11,29-30,34H,7H2,1-6H3,(H,27,32). The molecule has 4 heterocycles. The molecule has 0 aliphatic heterocycles. The van der Waals surface area contributed by atoms with Crippen LogP contribution in [0.15, 0.2) is 29.3 Å². The Morgan fingerprint density at radius 2 is 2.03 bits per heavy atom. The highest BCUT2D eigenvalue weighted by atomic mass is 32.1. The Balaban J connectivity index is 2.02. The van der Waals surface area contributed by atoms with E-state index >= 15 is 4.39 Å². The van der Waals surface area contributed by atoms with Gasteiger partial charge in [0.05, 0.1) is 32.4 Å². The summed E-state index contributed by atoms with van der Waals surface area (Å²) in [5.74, 6) is -0.923. The summed E-state index contributed by atoms with van der Waals surface area (Å²) in [6, 6.07) is 3.42. The fourth-order valence-electron chi connectivity index (χ4n) is 4.01. The molecule has 8 nitrogen and oxygen atoms in total. The van der Waals surface area contributed by atoms with Crippen LogP contribution in [-0.4, -0.2) is 32.1 Å². The highest BCUT2D eigenvalue weighted by Crippen LogP contribution is 2.47. The zero-order valence-electron chi connectivity index (χ0n) is 20.5. The number of nitrogens with zero attached hydrogens (tertiary/aromatic N) is 2. The Kier molecular flexibility index (Phi) is 6.29. The molecule has 0 aliphatic carbocycles. The number of nitrogens with one attached hydrogen (secondary N) is 3. The van der Waals surface area contributed by atoms with Crippen molar-refractivity contribution >= 4 is 39.5 Å². The quantitative estimate of drug-likeness (QED) is 0.314. The van der Waals surface area contributed by atoms with Crippen LogP contribution >= 0.6 is 11.3 Å². The average Bonchev–Trinajstić information content (AvgIpc) is 3.36. The van der Waals surface area contributed by atoms with E-state index in [2.05, 4.69) is 20.6 Å². The van der Waals surface area contributed by atoms with Crippen LogP contribution in [0.5, 0.6) is 0 Å². The number of carbonyl (C=O) groups excluding carboxylic acids is 1. The van der Waals surface area contributed by atoms with E-state index < -0.39 is 11.4 Å². The fourth-order valence-corrected chi connectivity index (χ4v) is 5.17. The van der Waals surface area contributed by atoms with Crippen molar-refractivity contribution in [2.24, 2.45) is 7.05 Å². The van der Waals surface area contributed by atoms with Gasteiger partial charge in [0.15, 0.2) is 5.82 Å². The number of H-pyrrole nitrogens is 1. The van der Waals surface area contributed by atoms with Gasteiger partial charge in [-0.2, -0.15) is 0 Å². The molecule has 0 aromatic carbocycles. The minimum atomic E-state index is -1.44. The number of fused-ring (bicyclic) bond motifs is 1. The molecular weight excluding hydrogens is 469 g/mol. The number of aromatic amines is 1. The maximum Gasteiger partial charge on any atom is 0.274 e. The molecule has 0 spiro atoms. The van der Waals surface area contributed by atoms with E-state index in [4.69, 9.17) is 0 Å². The van der Waals surface area contributed by atoms with Crippen LogP contribution in [0.4, 0.5) is 15.8 Å². The summed E-state index contributed by atoms with van der Waals surface area (Å²) in [6.07, 6.45) is 3.30. The normalized spacial score (nSPS) is 11.8. The van der Waals surface area contributed by atoms with Gasteiger partial charge in [0, 0.05) is 36.9 Å². The topological polar surface area (TPSA) is 112 Å². The van der Waals surface area contributed by atoms with Crippen LogP contribution in [0.3, 0.4) is 0 Å². The third-order valence-electron chi connectivity index (χ3n) is 5.80. The first-order valence-corrected chi connectivity index (χ1v) is 12.0.